The first-order valence-corrected chi connectivity index (χ1v) is 8.48. The summed E-state index contributed by atoms with van der Waals surface area (Å²) >= 11 is 0. The molecule has 8 nitrogen and oxygen atoms in total. The van der Waals surface area contributed by atoms with Crippen molar-refractivity contribution in [1.82, 2.24) is 9.97 Å². The van der Waals surface area contributed by atoms with Gasteiger partial charge >= 0.3 is 5.97 Å². The average Bonchev–Trinajstić information content (AvgIpc) is 2.72. The van der Waals surface area contributed by atoms with Gasteiger partial charge in [-0.05, 0) is 31.2 Å². The van der Waals surface area contributed by atoms with E-state index in [2.05, 4.69) is 9.97 Å². The van der Waals surface area contributed by atoms with Crippen molar-refractivity contribution >= 4 is 16.9 Å². The van der Waals surface area contributed by atoms with Crippen LogP contribution in [-0.2, 0) is 4.74 Å². The molecule has 1 unspecified atom stereocenters. The van der Waals surface area contributed by atoms with Crippen LogP contribution in [0.4, 0.5) is 0 Å². The van der Waals surface area contributed by atoms with Crippen LogP contribution in [-0.4, -0.2) is 37.3 Å². The Hall–Kier alpha value is -3.55. The van der Waals surface area contributed by atoms with Gasteiger partial charge in [-0.1, -0.05) is 12.1 Å². The highest BCUT2D eigenvalue weighted by Crippen LogP contribution is 2.38. The number of nitrogens with zero attached hydrogens (tertiary/aromatic N) is 1. The van der Waals surface area contributed by atoms with E-state index in [4.69, 9.17) is 18.9 Å². The van der Waals surface area contributed by atoms with Crippen LogP contribution in [0.1, 0.15) is 29.2 Å². The number of hydrogen-bond acceptors (Lipinski definition) is 7. The Balaban J connectivity index is 1.90. The summed E-state index contributed by atoms with van der Waals surface area (Å²) in [6, 6.07) is 9.93. The summed E-state index contributed by atoms with van der Waals surface area (Å²) in [5.41, 5.74) is 0.442. The molecule has 1 heterocycles. The van der Waals surface area contributed by atoms with Crippen molar-refractivity contribution in [2.45, 2.75) is 13.0 Å². The lowest BCUT2D eigenvalue weighted by molar-refractivity contribution is 0.0319. The van der Waals surface area contributed by atoms with Crippen LogP contribution in [0.15, 0.2) is 41.2 Å². The van der Waals surface area contributed by atoms with Crippen LogP contribution in [0.3, 0.4) is 0 Å². The molecule has 0 aliphatic heterocycles. The molecule has 2 aromatic carbocycles. The molecule has 0 saturated carbocycles. The van der Waals surface area contributed by atoms with Crippen LogP contribution in [0, 0.1) is 0 Å². The number of nitrogens with one attached hydrogen (secondary N) is 1. The zero-order valence-electron chi connectivity index (χ0n) is 15.9. The Morgan fingerprint density at radius 1 is 1.04 bits per heavy atom. The molecule has 1 aromatic heterocycles. The summed E-state index contributed by atoms with van der Waals surface area (Å²) in [6.07, 6.45) is -0.774. The summed E-state index contributed by atoms with van der Waals surface area (Å²) < 4.78 is 21.2. The molecule has 0 fully saturated rings. The SMILES string of the molecule is COc1cc(C(=O)OC(C)c2nc3ccccc3c(=O)[nH]2)cc(OC)c1OC. The van der Waals surface area contributed by atoms with Crippen molar-refractivity contribution in [2.24, 2.45) is 0 Å². The summed E-state index contributed by atoms with van der Waals surface area (Å²) in [5.74, 6) is 0.666. The number of carbonyl (C=O) groups is 1. The van der Waals surface area contributed by atoms with E-state index in [1.807, 2.05) is 0 Å². The smallest absolute Gasteiger partial charge is 0.339 e. The highest BCUT2D eigenvalue weighted by Gasteiger charge is 2.21. The molecule has 1 atom stereocenters. The maximum absolute atomic E-state index is 12.6. The van der Waals surface area contributed by atoms with Crippen molar-refractivity contribution < 1.29 is 23.7 Å². The topological polar surface area (TPSA) is 99.7 Å². The second-order valence-corrected chi connectivity index (χ2v) is 5.93. The largest absolute Gasteiger partial charge is 0.493 e. The van der Waals surface area contributed by atoms with Gasteiger partial charge in [0.25, 0.3) is 5.56 Å². The second kappa shape index (κ2) is 7.99. The fourth-order valence-electron chi connectivity index (χ4n) is 2.78. The zero-order valence-corrected chi connectivity index (χ0v) is 15.9. The average molecular weight is 384 g/mol. The Labute approximate surface area is 161 Å². The number of fused-ring (bicyclic) bond motifs is 1. The number of aromatic nitrogens is 2. The molecule has 0 aliphatic carbocycles. The summed E-state index contributed by atoms with van der Waals surface area (Å²) in [5, 5.41) is 0.467. The van der Waals surface area contributed by atoms with Gasteiger partial charge in [0.2, 0.25) is 5.75 Å². The molecule has 8 heteroatoms. The van der Waals surface area contributed by atoms with Gasteiger partial charge in [0.15, 0.2) is 23.4 Å². The first-order valence-electron chi connectivity index (χ1n) is 8.48. The number of hydrogen-bond donors (Lipinski definition) is 1. The first kappa shape index (κ1) is 19.2. The number of ether oxygens (including phenoxy) is 4. The molecule has 0 spiro atoms. The number of aromatic amines is 1. The minimum absolute atomic E-state index is 0.212. The Kier molecular flexibility index (Phi) is 5.49. The van der Waals surface area contributed by atoms with E-state index >= 15 is 0 Å². The van der Waals surface area contributed by atoms with Crippen molar-refractivity contribution in [1.29, 1.82) is 0 Å². The molecule has 146 valence electrons. The Morgan fingerprint density at radius 2 is 1.68 bits per heavy atom. The van der Waals surface area contributed by atoms with Gasteiger partial charge < -0.3 is 23.9 Å². The van der Waals surface area contributed by atoms with Gasteiger partial charge in [-0.15, -0.1) is 0 Å². The lowest BCUT2D eigenvalue weighted by Gasteiger charge is -2.16. The molecule has 3 rings (SSSR count). The monoisotopic (exact) mass is 384 g/mol. The molecule has 28 heavy (non-hydrogen) atoms. The zero-order chi connectivity index (χ0) is 20.3. The van der Waals surface area contributed by atoms with E-state index in [9.17, 15) is 9.59 Å². The molecule has 0 bridgehead atoms. The minimum Gasteiger partial charge on any atom is -0.493 e. The molecule has 3 aromatic rings. The normalized spacial score (nSPS) is 11.7. The fourth-order valence-corrected chi connectivity index (χ4v) is 2.78. The van der Waals surface area contributed by atoms with E-state index in [-0.39, 0.29) is 16.9 Å². The number of para-hydroxylation sites is 1. The van der Waals surface area contributed by atoms with Crippen molar-refractivity contribution in [3.8, 4) is 17.2 Å². The lowest BCUT2D eigenvalue weighted by atomic mass is 10.2. The van der Waals surface area contributed by atoms with Crippen LogP contribution in [0.2, 0.25) is 0 Å². The van der Waals surface area contributed by atoms with Gasteiger partial charge in [-0.3, -0.25) is 4.79 Å². The maximum Gasteiger partial charge on any atom is 0.339 e. The molecular weight excluding hydrogens is 364 g/mol. The van der Waals surface area contributed by atoms with Crippen LogP contribution in [0.25, 0.3) is 10.9 Å². The third-order valence-electron chi connectivity index (χ3n) is 4.20. The lowest BCUT2D eigenvalue weighted by Crippen LogP contribution is -2.17. The Bertz CT molecular complexity index is 1050. The predicted molar refractivity (Wildman–Crippen MR) is 102 cm³/mol. The number of benzene rings is 2. The summed E-state index contributed by atoms with van der Waals surface area (Å²) in [7, 11) is 4.39. The first-order chi connectivity index (χ1) is 13.5. The third-order valence-corrected chi connectivity index (χ3v) is 4.20. The van der Waals surface area contributed by atoms with E-state index in [0.717, 1.165) is 0 Å². The minimum atomic E-state index is -0.774. The number of carbonyl (C=O) groups excluding carboxylic acids is 1. The van der Waals surface area contributed by atoms with Crippen molar-refractivity contribution in [3.05, 3.63) is 58.1 Å². The number of esters is 1. The molecule has 0 saturated heterocycles. The van der Waals surface area contributed by atoms with Gasteiger partial charge in [-0.25, -0.2) is 9.78 Å². The van der Waals surface area contributed by atoms with Crippen molar-refractivity contribution in [3.63, 3.8) is 0 Å². The van der Waals surface area contributed by atoms with Gasteiger partial charge in [-0.2, -0.15) is 0 Å². The molecule has 0 aliphatic rings. The molecule has 1 N–H and O–H groups in total. The fraction of sp³-hybridized carbons (Fsp3) is 0.250. The third kappa shape index (κ3) is 3.62. The Morgan fingerprint density at radius 3 is 2.29 bits per heavy atom. The molecule has 0 radical (unpaired) electrons. The van der Waals surface area contributed by atoms with Gasteiger partial charge in [0, 0.05) is 0 Å². The number of methoxy groups -OCH3 is 3. The number of H-pyrrole nitrogens is 1. The standard InChI is InChI=1S/C20H20N2O6/c1-11(18-21-14-8-6-5-7-13(14)19(23)22-18)28-20(24)12-9-15(25-2)17(27-4)16(10-12)26-3/h5-11H,1-4H3,(H,21,22,23). The van der Waals surface area contributed by atoms with Crippen LogP contribution >= 0.6 is 0 Å². The predicted octanol–water partition coefficient (Wildman–Crippen LogP) is 2.87. The summed E-state index contributed by atoms with van der Waals surface area (Å²) in [6.45, 7) is 1.63. The van der Waals surface area contributed by atoms with Gasteiger partial charge in [0.1, 0.15) is 0 Å². The van der Waals surface area contributed by atoms with E-state index in [1.165, 1.54) is 33.5 Å². The second-order valence-electron chi connectivity index (χ2n) is 5.93. The van der Waals surface area contributed by atoms with E-state index in [1.54, 1.807) is 31.2 Å². The molecule has 0 amide bonds. The van der Waals surface area contributed by atoms with Crippen LogP contribution in [0.5, 0.6) is 17.2 Å². The highest BCUT2D eigenvalue weighted by molar-refractivity contribution is 5.91. The quantitative estimate of drug-likeness (QED) is 0.652. The number of rotatable bonds is 6. The van der Waals surface area contributed by atoms with E-state index in [0.29, 0.717) is 28.2 Å². The summed E-state index contributed by atoms with van der Waals surface area (Å²) in [4.78, 5) is 31.9. The van der Waals surface area contributed by atoms with Crippen LogP contribution < -0.4 is 19.8 Å². The van der Waals surface area contributed by atoms with E-state index < -0.39 is 12.1 Å². The highest BCUT2D eigenvalue weighted by atomic mass is 16.5. The van der Waals surface area contributed by atoms with Crippen molar-refractivity contribution in [2.75, 3.05) is 21.3 Å². The van der Waals surface area contributed by atoms with Gasteiger partial charge in [0.05, 0.1) is 37.8 Å². The maximum atomic E-state index is 12.6. The molecular formula is C20H20N2O6.